The normalized spacial score (nSPS) is 19.4. The number of hydrogen-bond acceptors (Lipinski definition) is 8. The molecule has 2 N–H and O–H groups in total. The summed E-state index contributed by atoms with van der Waals surface area (Å²) < 4.78 is 10.8. The maximum atomic E-state index is 13.5. The van der Waals surface area contributed by atoms with Crippen LogP contribution in [0, 0.1) is 0 Å². The summed E-state index contributed by atoms with van der Waals surface area (Å²) in [6.07, 6.45) is 3.08. The number of aromatic nitrogens is 2. The number of ether oxygens (including phenoxy) is 2. The van der Waals surface area contributed by atoms with Crippen LogP contribution in [0.4, 0.5) is 0 Å². The van der Waals surface area contributed by atoms with Gasteiger partial charge in [-0.05, 0) is 12.1 Å². The van der Waals surface area contributed by atoms with Gasteiger partial charge in [0.25, 0.3) is 0 Å². The van der Waals surface area contributed by atoms with Gasteiger partial charge in [-0.2, -0.15) is 0 Å². The molecule has 2 fully saturated rings. The van der Waals surface area contributed by atoms with E-state index in [-0.39, 0.29) is 10.9 Å². The molecule has 3 heterocycles. The Kier molecular flexibility index (Phi) is 7.10. The van der Waals surface area contributed by atoms with Crippen LogP contribution >= 0.6 is 0 Å². The van der Waals surface area contributed by atoms with Crippen LogP contribution < -0.4 is 21.6 Å². The number of fused-ring (bicyclic) bond motifs is 2. The molecule has 0 unspecified atom stereocenters. The summed E-state index contributed by atoms with van der Waals surface area (Å²) in [7, 11) is 0. The van der Waals surface area contributed by atoms with E-state index in [1.807, 2.05) is 12.1 Å². The molecule has 0 atom stereocenters. The molecule has 2 aromatic carbocycles. The number of hydrogen-bond donors (Lipinski definition) is 2. The minimum Gasteiger partial charge on any atom is -0.379 e. The highest BCUT2D eigenvalue weighted by Crippen LogP contribution is 2.06. The van der Waals surface area contributed by atoms with Crippen LogP contribution in [0.25, 0.3) is 21.5 Å². The van der Waals surface area contributed by atoms with Crippen LogP contribution in [0.3, 0.4) is 0 Å². The summed E-state index contributed by atoms with van der Waals surface area (Å²) in [6, 6.07) is 3.64. The summed E-state index contributed by atoms with van der Waals surface area (Å²) in [5.41, 5.74) is -0.407. The fourth-order valence-electron chi connectivity index (χ4n) is 4.61. The predicted octanol–water partition coefficient (Wildman–Crippen LogP) is -0.727. The summed E-state index contributed by atoms with van der Waals surface area (Å²) in [5, 5.41) is 8.12. The summed E-state index contributed by atoms with van der Waals surface area (Å²) in [6.45, 7) is 9.10. The van der Waals surface area contributed by atoms with Crippen LogP contribution in [0.1, 0.15) is 0 Å². The van der Waals surface area contributed by atoms with E-state index in [0.717, 1.165) is 65.7 Å². The lowest BCUT2D eigenvalue weighted by Gasteiger charge is -2.25. The van der Waals surface area contributed by atoms with E-state index in [1.54, 1.807) is 0 Å². The maximum absolute atomic E-state index is 13.5. The lowest BCUT2D eigenvalue weighted by molar-refractivity contribution is 0.0393. The maximum Gasteiger partial charge on any atom is 0.198 e. The first-order chi connectivity index (χ1) is 16.7. The molecular weight excluding hydrogens is 436 g/mol. The fourth-order valence-corrected chi connectivity index (χ4v) is 4.61. The van der Waals surface area contributed by atoms with E-state index in [2.05, 4.69) is 20.0 Å². The standard InChI is InChI=1S/C24H30N6O4/c31-23-17-15-27-28-16-18(17)24(32)22-20(26-4-6-30-9-13-34-14-10-30)2-1-19(21(22)23)25-3-5-29-7-11-33-12-8-29/h1-2,15-16,27-28H,3-14H2. The number of rotatable bonds is 6. The first-order valence-corrected chi connectivity index (χ1v) is 11.9. The van der Waals surface area contributed by atoms with Crippen molar-refractivity contribution in [2.45, 2.75) is 0 Å². The second kappa shape index (κ2) is 10.6. The van der Waals surface area contributed by atoms with Gasteiger partial charge >= 0.3 is 0 Å². The van der Waals surface area contributed by atoms with Gasteiger partial charge in [-0.25, -0.2) is 0 Å². The molecule has 180 valence electrons. The van der Waals surface area contributed by atoms with Crippen LogP contribution in [0.2, 0.25) is 0 Å². The minimum absolute atomic E-state index is 0.204. The number of morpholine rings is 2. The minimum atomic E-state index is -0.204. The quantitative estimate of drug-likeness (QED) is 0.463. The van der Waals surface area contributed by atoms with Gasteiger partial charge in [-0.3, -0.25) is 29.4 Å². The molecule has 0 spiro atoms. The number of H-pyrrole nitrogens is 2. The van der Waals surface area contributed by atoms with Gasteiger partial charge in [0, 0.05) is 51.7 Å². The van der Waals surface area contributed by atoms with Gasteiger partial charge in [0.1, 0.15) is 0 Å². The average Bonchev–Trinajstić information content (AvgIpc) is 2.89. The van der Waals surface area contributed by atoms with Gasteiger partial charge in [0.2, 0.25) is 0 Å². The Hall–Kier alpha value is -2.92. The molecule has 3 aromatic rings. The molecule has 2 aliphatic rings. The highest BCUT2D eigenvalue weighted by atomic mass is 16.5. The Labute approximate surface area is 195 Å². The average molecular weight is 467 g/mol. The van der Waals surface area contributed by atoms with Crippen molar-refractivity contribution in [3.05, 3.63) is 55.7 Å². The molecule has 2 saturated heterocycles. The highest BCUT2D eigenvalue weighted by Gasteiger charge is 2.15. The molecule has 34 heavy (non-hydrogen) atoms. The lowest BCUT2D eigenvalue weighted by atomic mass is 10.0. The fraction of sp³-hybridized carbons (Fsp3) is 0.500. The summed E-state index contributed by atoms with van der Waals surface area (Å²) in [5.74, 6) is 0. The molecule has 0 radical (unpaired) electrons. The first kappa shape index (κ1) is 22.9. The Balaban J connectivity index is 1.56. The second-order valence-corrected chi connectivity index (χ2v) is 8.59. The van der Waals surface area contributed by atoms with Gasteiger partial charge < -0.3 is 19.7 Å². The summed E-state index contributed by atoms with van der Waals surface area (Å²) >= 11 is 0. The van der Waals surface area contributed by atoms with Crippen molar-refractivity contribution in [3.8, 4) is 0 Å². The van der Waals surface area contributed by atoms with Crippen molar-refractivity contribution < 1.29 is 9.47 Å². The monoisotopic (exact) mass is 466 g/mol. The summed E-state index contributed by atoms with van der Waals surface area (Å²) in [4.78, 5) is 41.0. The van der Waals surface area contributed by atoms with Crippen molar-refractivity contribution in [2.24, 2.45) is 9.98 Å². The Morgan fingerprint density at radius 1 is 0.706 bits per heavy atom. The van der Waals surface area contributed by atoms with Crippen molar-refractivity contribution in [1.29, 1.82) is 0 Å². The van der Waals surface area contributed by atoms with Crippen LogP contribution in [0.15, 0.2) is 44.1 Å². The highest BCUT2D eigenvalue weighted by molar-refractivity contribution is 5.96. The Morgan fingerprint density at radius 3 is 1.53 bits per heavy atom. The lowest BCUT2D eigenvalue weighted by Crippen LogP contribution is -2.38. The van der Waals surface area contributed by atoms with Crippen LogP contribution in [-0.4, -0.2) is 98.8 Å². The van der Waals surface area contributed by atoms with Crippen molar-refractivity contribution in [3.63, 3.8) is 0 Å². The van der Waals surface area contributed by atoms with E-state index < -0.39 is 0 Å². The van der Waals surface area contributed by atoms with E-state index in [4.69, 9.17) is 19.5 Å². The molecule has 0 bridgehead atoms. The molecule has 0 amide bonds. The molecule has 5 rings (SSSR count). The van der Waals surface area contributed by atoms with E-state index in [0.29, 0.717) is 45.3 Å². The van der Waals surface area contributed by atoms with E-state index >= 15 is 0 Å². The van der Waals surface area contributed by atoms with Crippen molar-refractivity contribution >= 4 is 21.5 Å². The zero-order valence-corrected chi connectivity index (χ0v) is 19.2. The number of benzene rings is 2. The smallest absolute Gasteiger partial charge is 0.198 e. The predicted molar refractivity (Wildman–Crippen MR) is 129 cm³/mol. The van der Waals surface area contributed by atoms with Crippen LogP contribution in [-0.2, 0) is 9.47 Å². The third kappa shape index (κ3) is 4.80. The largest absolute Gasteiger partial charge is 0.379 e. The molecule has 0 aliphatic carbocycles. The van der Waals surface area contributed by atoms with Crippen molar-refractivity contribution in [2.75, 3.05) is 78.8 Å². The first-order valence-electron chi connectivity index (χ1n) is 11.9. The molecular formula is C24H30N6O4. The third-order valence-corrected chi connectivity index (χ3v) is 6.52. The topological polar surface area (TPSA) is 115 Å². The van der Waals surface area contributed by atoms with E-state index in [1.165, 1.54) is 12.4 Å². The molecule has 0 saturated carbocycles. The Morgan fingerprint density at radius 2 is 1.12 bits per heavy atom. The van der Waals surface area contributed by atoms with Gasteiger partial charge in [0.05, 0.1) is 71.8 Å². The van der Waals surface area contributed by atoms with Crippen molar-refractivity contribution in [1.82, 2.24) is 20.0 Å². The zero-order chi connectivity index (χ0) is 23.3. The number of aromatic amines is 2. The van der Waals surface area contributed by atoms with Gasteiger partial charge in [-0.1, -0.05) is 0 Å². The molecule has 2 aliphatic heterocycles. The zero-order valence-electron chi connectivity index (χ0n) is 19.2. The number of nitrogens with zero attached hydrogens (tertiary/aromatic N) is 4. The number of nitrogens with one attached hydrogen (secondary N) is 2. The molecule has 10 heteroatoms. The van der Waals surface area contributed by atoms with E-state index in [9.17, 15) is 9.59 Å². The molecule has 10 nitrogen and oxygen atoms in total. The Bertz CT molecular complexity index is 1280. The van der Waals surface area contributed by atoms with Gasteiger partial charge in [0.15, 0.2) is 10.9 Å². The van der Waals surface area contributed by atoms with Crippen LogP contribution in [0.5, 0.6) is 0 Å². The third-order valence-electron chi connectivity index (χ3n) is 6.52. The second-order valence-electron chi connectivity index (χ2n) is 8.59. The molecule has 1 aromatic heterocycles. The van der Waals surface area contributed by atoms with Gasteiger partial charge in [-0.15, -0.1) is 0 Å². The SMILES string of the molecule is O=c1c2c[nH][nH]cc2c(=O)c2c(=NCCN3CCOCC3)ccc(=NCCN3CCOCC3)c12.